The van der Waals surface area contributed by atoms with E-state index < -0.39 is 5.41 Å². The van der Waals surface area contributed by atoms with Gasteiger partial charge < -0.3 is 0 Å². The fourth-order valence-electron chi connectivity index (χ4n) is 5.25. The Morgan fingerprint density at radius 2 is 1.77 bits per heavy atom. The van der Waals surface area contributed by atoms with Gasteiger partial charge in [-0.15, -0.1) is 0 Å². The molecular weight excluding hydrogens is 383 g/mol. The summed E-state index contributed by atoms with van der Waals surface area (Å²) in [6.07, 6.45) is 6.91. The second-order valence-corrected chi connectivity index (χ2v) is 9.36. The largest absolute Gasteiger partial charge is 0.298 e. The molecule has 2 nitrogen and oxygen atoms in total. The molecular formula is C28H37FN2. The molecule has 0 aromatic heterocycles. The Balaban J connectivity index is 1.77. The van der Waals surface area contributed by atoms with Crippen LogP contribution in [-0.2, 0) is 11.8 Å². The first kappa shape index (κ1) is 23.5. The van der Waals surface area contributed by atoms with Gasteiger partial charge in [0.25, 0.3) is 0 Å². The van der Waals surface area contributed by atoms with Gasteiger partial charge in [-0.25, -0.2) is 4.39 Å². The lowest BCUT2D eigenvalue weighted by atomic mass is 9.60. The Morgan fingerprint density at radius 3 is 2.32 bits per heavy atom. The van der Waals surface area contributed by atoms with Gasteiger partial charge in [0, 0.05) is 24.2 Å². The predicted molar refractivity (Wildman–Crippen MR) is 126 cm³/mol. The molecule has 1 aliphatic rings. The lowest BCUT2D eigenvalue weighted by molar-refractivity contribution is 0.121. The molecule has 3 rings (SSSR count). The molecule has 1 saturated carbocycles. The third kappa shape index (κ3) is 5.36. The van der Waals surface area contributed by atoms with Crippen molar-refractivity contribution < 1.29 is 4.39 Å². The smallest absolute Gasteiger partial charge is 0.128 e. The molecule has 2 unspecified atom stereocenters. The molecule has 0 bridgehead atoms. The Morgan fingerprint density at radius 1 is 1.10 bits per heavy atom. The molecule has 3 heteroatoms. The van der Waals surface area contributed by atoms with Crippen molar-refractivity contribution in [2.45, 2.75) is 83.2 Å². The first-order valence-corrected chi connectivity index (χ1v) is 12.0. The van der Waals surface area contributed by atoms with Gasteiger partial charge in [-0.2, -0.15) is 5.26 Å². The number of halogens is 1. The van der Waals surface area contributed by atoms with Crippen molar-refractivity contribution in [3.05, 3.63) is 71.5 Å². The average molecular weight is 421 g/mol. The van der Waals surface area contributed by atoms with E-state index in [1.54, 1.807) is 6.07 Å². The van der Waals surface area contributed by atoms with E-state index >= 15 is 0 Å². The summed E-state index contributed by atoms with van der Waals surface area (Å²) in [5.74, 6) is 0.0394. The molecule has 2 aromatic rings. The van der Waals surface area contributed by atoms with Crippen LogP contribution in [0.4, 0.5) is 4.39 Å². The van der Waals surface area contributed by atoms with E-state index in [2.05, 4.69) is 62.1 Å². The van der Waals surface area contributed by atoms with Crippen LogP contribution in [0.5, 0.6) is 0 Å². The zero-order valence-corrected chi connectivity index (χ0v) is 19.4. The van der Waals surface area contributed by atoms with Crippen LogP contribution in [0.3, 0.4) is 0 Å². The van der Waals surface area contributed by atoms with Crippen molar-refractivity contribution in [3.63, 3.8) is 0 Å². The fraction of sp³-hybridized carbons (Fsp3) is 0.536. The number of nitriles is 1. The molecule has 2 atom stereocenters. The molecule has 0 amide bonds. The van der Waals surface area contributed by atoms with E-state index in [0.717, 1.165) is 51.5 Å². The van der Waals surface area contributed by atoms with Gasteiger partial charge in [-0.05, 0) is 69.9 Å². The highest BCUT2D eigenvalue weighted by atomic mass is 19.1. The maximum absolute atomic E-state index is 14.8. The SMILES string of the molecule is CCC(CCC(C#N)(c1ccccc1F)C1CCC1)N(CCc1ccccc1)C(C)C. The Kier molecular flexibility index (Phi) is 8.27. The number of rotatable bonds is 11. The van der Waals surface area contributed by atoms with Crippen molar-refractivity contribution in [1.29, 1.82) is 5.26 Å². The summed E-state index contributed by atoms with van der Waals surface area (Å²) in [7, 11) is 0. The summed E-state index contributed by atoms with van der Waals surface area (Å²) in [4.78, 5) is 2.58. The number of benzene rings is 2. The molecule has 166 valence electrons. The van der Waals surface area contributed by atoms with Crippen LogP contribution in [0, 0.1) is 23.1 Å². The van der Waals surface area contributed by atoms with Gasteiger partial charge in [0.2, 0.25) is 0 Å². The Bertz CT molecular complexity index is 853. The molecule has 0 spiro atoms. The van der Waals surface area contributed by atoms with Crippen LogP contribution < -0.4 is 0 Å². The monoisotopic (exact) mass is 420 g/mol. The molecule has 2 aromatic carbocycles. The van der Waals surface area contributed by atoms with Crippen LogP contribution in [0.25, 0.3) is 0 Å². The maximum atomic E-state index is 14.8. The first-order valence-electron chi connectivity index (χ1n) is 12.0. The molecule has 31 heavy (non-hydrogen) atoms. The van der Waals surface area contributed by atoms with Gasteiger partial charge >= 0.3 is 0 Å². The summed E-state index contributed by atoms with van der Waals surface area (Å²) >= 11 is 0. The number of hydrogen-bond acceptors (Lipinski definition) is 2. The highest BCUT2D eigenvalue weighted by molar-refractivity contribution is 5.35. The van der Waals surface area contributed by atoms with Gasteiger partial charge in [0.15, 0.2) is 0 Å². The summed E-state index contributed by atoms with van der Waals surface area (Å²) < 4.78 is 14.8. The van der Waals surface area contributed by atoms with E-state index in [4.69, 9.17) is 0 Å². The standard InChI is InChI=1S/C28H37FN2/c1-4-25(31(22(2)3)20-18-23-11-6-5-7-12-23)17-19-28(21-30,24-13-10-14-24)26-15-8-9-16-27(26)29/h5-9,11-12,15-16,22,24-25H,4,10,13-14,17-20H2,1-3H3. The zero-order chi connectivity index (χ0) is 22.3. The second-order valence-electron chi connectivity index (χ2n) is 9.36. The third-order valence-electron chi connectivity index (χ3n) is 7.33. The highest BCUT2D eigenvalue weighted by Crippen LogP contribution is 2.48. The highest BCUT2D eigenvalue weighted by Gasteiger charge is 2.45. The van der Waals surface area contributed by atoms with E-state index in [9.17, 15) is 9.65 Å². The summed E-state index contributed by atoms with van der Waals surface area (Å²) in [6, 6.07) is 21.0. The molecule has 1 aliphatic carbocycles. The van der Waals surface area contributed by atoms with E-state index in [1.807, 2.05) is 12.1 Å². The number of nitrogens with zero attached hydrogens (tertiary/aromatic N) is 2. The second kappa shape index (κ2) is 10.9. The molecule has 0 heterocycles. The van der Waals surface area contributed by atoms with Crippen molar-refractivity contribution in [1.82, 2.24) is 4.90 Å². The molecule has 0 radical (unpaired) electrons. The molecule has 1 fully saturated rings. The minimum absolute atomic E-state index is 0.228. The van der Waals surface area contributed by atoms with E-state index in [-0.39, 0.29) is 11.7 Å². The summed E-state index contributed by atoms with van der Waals surface area (Å²) in [6.45, 7) is 7.76. The summed E-state index contributed by atoms with van der Waals surface area (Å²) in [5, 5.41) is 10.3. The van der Waals surface area contributed by atoms with Crippen LogP contribution in [0.1, 0.15) is 70.4 Å². The summed E-state index contributed by atoms with van der Waals surface area (Å²) in [5.41, 5.74) is 1.26. The van der Waals surface area contributed by atoms with Crippen molar-refractivity contribution in [2.24, 2.45) is 5.92 Å². The quantitative estimate of drug-likeness (QED) is 0.395. The minimum atomic E-state index is -0.709. The van der Waals surface area contributed by atoms with Crippen molar-refractivity contribution in [3.8, 4) is 6.07 Å². The normalized spacial score (nSPS) is 17.2. The lowest BCUT2D eigenvalue weighted by Gasteiger charge is -2.43. The van der Waals surface area contributed by atoms with Gasteiger partial charge in [-0.1, -0.05) is 61.9 Å². The van der Waals surface area contributed by atoms with Gasteiger partial charge in [0.1, 0.15) is 5.82 Å². The molecule has 0 saturated heterocycles. The average Bonchev–Trinajstić information content (AvgIpc) is 2.74. The van der Waals surface area contributed by atoms with Crippen LogP contribution >= 0.6 is 0 Å². The lowest BCUT2D eigenvalue weighted by Crippen LogP contribution is -2.44. The first-order chi connectivity index (χ1) is 15.0. The Hall–Kier alpha value is -2.18. The van der Waals surface area contributed by atoms with E-state index in [1.165, 1.54) is 11.6 Å². The van der Waals surface area contributed by atoms with E-state index in [0.29, 0.717) is 17.6 Å². The van der Waals surface area contributed by atoms with Crippen molar-refractivity contribution >= 4 is 0 Å². The fourth-order valence-corrected chi connectivity index (χ4v) is 5.25. The van der Waals surface area contributed by atoms with Gasteiger partial charge in [-0.3, -0.25) is 4.90 Å². The predicted octanol–water partition coefficient (Wildman–Crippen LogP) is 6.90. The number of hydrogen-bond donors (Lipinski definition) is 0. The molecule has 0 aliphatic heterocycles. The third-order valence-corrected chi connectivity index (χ3v) is 7.33. The molecule has 0 N–H and O–H groups in total. The van der Waals surface area contributed by atoms with Crippen molar-refractivity contribution in [2.75, 3.05) is 6.54 Å². The zero-order valence-electron chi connectivity index (χ0n) is 19.4. The van der Waals surface area contributed by atoms with Crippen LogP contribution in [0.15, 0.2) is 54.6 Å². The van der Waals surface area contributed by atoms with Crippen LogP contribution in [0.2, 0.25) is 0 Å². The topological polar surface area (TPSA) is 27.0 Å². The van der Waals surface area contributed by atoms with Gasteiger partial charge in [0.05, 0.1) is 11.5 Å². The maximum Gasteiger partial charge on any atom is 0.128 e. The van der Waals surface area contributed by atoms with Crippen LogP contribution in [-0.4, -0.2) is 23.5 Å². The minimum Gasteiger partial charge on any atom is -0.298 e. The Labute approximate surface area is 188 Å².